The Bertz CT molecular complexity index is 589. The standard InChI is InChI=1S/C13H11BrClNO/c1-8-5-10(7-17)9(2)16(8)13-4-3-11(14)6-12(13)15/h3-7H,1-2H3. The zero-order chi connectivity index (χ0) is 12.6. The third-order valence-corrected chi connectivity index (χ3v) is 3.54. The molecule has 17 heavy (non-hydrogen) atoms. The summed E-state index contributed by atoms with van der Waals surface area (Å²) in [6.07, 6.45) is 0.867. The molecule has 0 unspecified atom stereocenters. The van der Waals surface area contributed by atoms with E-state index >= 15 is 0 Å². The van der Waals surface area contributed by atoms with Crippen molar-refractivity contribution in [1.82, 2.24) is 4.57 Å². The van der Waals surface area contributed by atoms with E-state index in [1.807, 2.05) is 42.7 Å². The fourth-order valence-corrected chi connectivity index (χ4v) is 2.70. The number of rotatable bonds is 2. The molecule has 0 radical (unpaired) electrons. The molecular formula is C13H11BrClNO. The monoisotopic (exact) mass is 311 g/mol. The van der Waals surface area contributed by atoms with Crippen LogP contribution >= 0.6 is 27.5 Å². The van der Waals surface area contributed by atoms with Crippen molar-refractivity contribution in [3.63, 3.8) is 0 Å². The number of halogens is 2. The molecule has 1 heterocycles. The van der Waals surface area contributed by atoms with Crippen LogP contribution in [0.3, 0.4) is 0 Å². The quantitative estimate of drug-likeness (QED) is 0.757. The lowest BCUT2D eigenvalue weighted by Gasteiger charge is -2.11. The Morgan fingerprint density at radius 2 is 2.00 bits per heavy atom. The summed E-state index contributed by atoms with van der Waals surface area (Å²) in [7, 11) is 0. The predicted octanol–water partition coefficient (Wildman–Crippen LogP) is 4.32. The van der Waals surface area contributed by atoms with Gasteiger partial charge in [-0.3, -0.25) is 4.79 Å². The van der Waals surface area contributed by atoms with Crippen molar-refractivity contribution in [2.75, 3.05) is 0 Å². The SMILES string of the molecule is Cc1cc(C=O)c(C)n1-c1ccc(Br)cc1Cl. The van der Waals surface area contributed by atoms with Gasteiger partial charge in [-0.15, -0.1) is 0 Å². The van der Waals surface area contributed by atoms with Crippen molar-refractivity contribution < 1.29 is 4.79 Å². The fraction of sp³-hybridized carbons (Fsp3) is 0.154. The molecule has 88 valence electrons. The Morgan fingerprint density at radius 3 is 2.53 bits per heavy atom. The summed E-state index contributed by atoms with van der Waals surface area (Å²) in [5, 5.41) is 0.652. The molecule has 0 N–H and O–H groups in total. The van der Waals surface area contributed by atoms with Gasteiger partial charge in [0.25, 0.3) is 0 Å². The highest BCUT2D eigenvalue weighted by Gasteiger charge is 2.12. The molecule has 2 nitrogen and oxygen atoms in total. The van der Waals surface area contributed by atoms with Gasteiger partial charge in [-0.2, -0.15) is 0 Å². The molecule has 1 aromatic carbocycles. The van der Waals surface area contributed by atoms with Crippen LogP contribution in [0, 0.1) is 13.8 Å². The third kappa shape index (κ3) is 2.17. The van der Waals surface area contributed by atoms with Gasteiger partial charge in [-0.25, -0.2) is 0 Å². The highest BCUT2D eigenvalue weighted by atomic mass is 79.9. The maximum Gasteiger partial charge on any atom is 0.151 e. The van der Waals surface area contributed by atoms with Crippen molar-refractivity contribution in [1.29, 1.82) is 0 Å². The minimum atomic E-state index is 0.652. The van der Waals surface area contributed by atoms with Crippen LogP contribution in [-0.2, 0) is 0 Å². The van der Waals surface area contributed by atoms with E-state index in [9.17, 15) is 4.79 Å². The smallest absolute Gasteiger partial charge is 0.151 e. The summed E-state index contributed by atoms with van der Waals surface area (Å²) in [4.78, 5) is 10.9. The van der Waals surface area contributed by atoms with Gasteiger partial charge in [0.2, 0.25) is 0 Å². The summed E-state index contributed by atoms with van der Waals surface area (Å²) in [5.41, 5.74) is 3.48. The number of carbonyl (C=O) groups excluding carboxylic acids is 1. The van der Waals surface area contributed by atoms with Crippen LogP contribution in [0.5, 0.6) is 0 Å². The second kappa shape index (κ2) is 4.67. The molecule has 0 fully saturated rings. The number of hydrogen-bond acceptors (Lipinski definition) is 1. The lowest BCUT2D eigenvalue weighted by atomic mass is 10.2. The topological polar surface area (TPSA) is 22.0 Å². The van der Waals surface area contributed by atoms with Crippen molar-refractivity contribution >= 4 is 33.8 Å². The molecule has 0 aliphatic carbocycles. The number of aryl methyl sites for hydroxylation is 1. The number of aromatic nitrogens is 1. The zero-order valence-electron chi connectivity index (χ0n) is 9.50. The summed E-state index contributed by atoms with van der Waals surface area (Å²) >= 11 is 9.60. The van der Waals surface area contributed by atoms with Gasteiger partial charge in [0, 0.05) is 21.4 Å². The van der Waals surface area contributed by atoms with Gasteiger partial charge in [0.1, 0.15) is 0 Å². The van der Waals surface area contributed by atoms with Crippen molar-refractivity contribution in [2.45, 2.75) is 13.8 Å². The lowest BCUT2D eigenvalue weighted by Crippen LogP contribution is -2.00. The van der Waals surface area contributed by atoms with Crippen LogP contribution in [0.25, 0.3) is 5.69 Å². The van der Waals surface area contributed by atoms with E-state index in [0.717, 1.165) is 27.8 Å². The van der Waals surface area contributed by atoms with E-state index in [2.05, 4.69) is 15.9 Å². The molecule has 0 aliphatic rings. The van der Waals surface area contributed by atoms with Crippen LogP contribution in [0.1, 0.15) is 21.7 Å². The van der Waals surface area contributed by atoms with E-state index in [1.54, 1.807) is 0 Å². The summed E-state index contributed by atoms with van der Waals surface area (Å²) < 4.78 is 2.92. The van der Waals surface area contributed by atoms with Crippen LogP contribution in [0.4, 0.5) is 0 Å². The summed E-state index contributed by atoms with van der Waals surface area (Å²) in [6, 6.07) is 7.57. The number of nitrogens with zero attached hydrogens (tertiary/aromatic N) is 1. The predicted molar refractivity (Wildman–Crippen MR) is 73.3 cm³/mol. The molecule has 2 rings (SSSR count). The average Bonchev–Trinajstić information content (AvgIpc) is 2.55. The van der Waals surface area contributed by atoms with Crippen LogP contribution in [0.15, 0.2) is 28.7 Å². The minimum Gasteiger partial charge on any atom is -0.316 e. The minimum absolute atomic E-state index is 0.652. The Morgan fingerprint density at radius 1 is 1.29 bits per heavy atom. The molecular weight excluding hydrogens is 302 g/mol. The van der Waals surface area contributed by atoms with Crippen LogP contribution in [-0.4, -0.2) is 10.9 Å². The van der Waals surface area contributed by atoms with Gasteiger partial charge in [-0.05, 0) is 38.1 Å². The van der Waals surface area contributed by atoms with E-state index in [-0.39, 0.29) is 0 Å². The molecule has 0 amide bonds. The average molecular weight is 313 g/mol. The van der Waals surface area contributed by atoms with Crippen molar-refractivity contribution in [2.24, 2.45) is 0 Å². The molecule has 1 aromatic heterocycles. The van der Waals surface area contributed by atoms with E-state index < -0.39 is 0 Å². The maximum absolute atomic E-state index is 10.9. The second-order valence-corrected chi connectivity index (χ2v) is 5.20. The Kier molecular flexibility index (Phi) is 3.40. The molecule has 4 heteroatoms. The highest BCUT2D eigenvalue weighted by molar-refractivity contribution is 9.10. The largest absolute Gasteiger partial charge is 0.316 e. The van der Waals surface area contributed by atoms with E-state index in [1.165, 1.54) is 0 Å². The maximum atomic E-state index is 10.9. The highest BCUT2D eigenvalue weighted by Crippen LogP contribution is 2.28. The Balaban J connectivity index is 2.68. The Hall–Kier alpha value is -1.06. The van der Waals surface area contributed by atoms with Gasteiger partial charge in [-0.1, -0.05) is 27.5 Å². The van der Waals surface area contributed by atoms with Gasteiger partial charge < -0.3 is 4.57 Å². The number of aldehydes is 1. The lowest BCUT2D eigenvalue weighted by molar-refractivity contribution is 0.112. The first-order valence-electron chi connectivity index (χ1n) is 5.14. The van der Waals surface area contributed by atoms with Crippen molar-refractivity contribution in [3.8, 4) is 5.69 Å². The molecule has 0 aliphatic heterocycles. The first-order chi connectivity index (χ1) is 8.04. The number of benzene rings is 1. The van der Waals surface area contributed by atoms with E-state index in [0.29, 0.717) is 10.6 Å². The van der Waals surface area contributed by atoms with E-state index in [4.69, 9.17) is 11.6 Å². The molecule has 0 spiro atoms. The Labute approximate surface area is 113 Å². The fourth-order valence-electron chi connectivity index (χ4n) is 1.94. The van der Waals surface area contributed by atoms with Gasteiger partial charge in [0.15, 0.2) is 6.29 Å². The van der Waals surface area contributed by atoms with Gasteiger partial charge in [0.05, 0.1) is 10.7 Å². The van der Waals surface area contributed by atoms with Crippen molar-refractivity contribution in [3.05, 3.63) is 50.7 Å². The molecule has 2 aromatic rings. The molecule has 0 atom stereocenters. The molecule has 0 bridgehead atoms. The second-order valence-electron chi connectivity index (χ2n) is 3.88. The van der Waals surface area contributed by atoms with Crippen LogP contribution in [0.2, 0.25) is 5.02 Å². The zero-order valence-corrected chi connectivity index (χ0v) is 11.8. The molecule has 0 saturated heterocycles. The van der Waals surface area contributed by atoms with Gasteiger partial charge >= 0.3 is 0 Å². The normalized spacial score (nSPS) is 10.6. The number of carbonyl (C=O) groups is 1. The first-order valence-corrected chi connectivity index (χ1v) is 6.31. The third-order valence-electron chi connectivity index (χ3n) is 2.75. The van der Waals surface area contributed by atoms with Crippen LogP contribution < -0.4 is 0 Å². The summed E-state index contributed by atoms with van der Waals surface area (Å²) in [6.45, 7) is 3.87. The first kappa shape index (κ1) is 12.4. The number of hydrogen-bond donors (Lipinski definition) is 0. The molecule has 0 saturated carbocycles. The summed E-state index contributed by atoms with van der Waals surface area (Å²) in [5.74, 6) is 0.